The molecule has 0 heterocycles. The number of hydrogen-bond donors (Lipinski definition) is 2. The molecule has 0 aliphatic heterocycles. The lowest BCUT2D eigenvalue weighted by atomic mass is 9.79. The summed E-state index contributed by atoms with van der Waals surface area (Å²) in [4.78, 5) is 0. The van der Waals surface area contributed by atoms with Crippen molar-refractivity contribution in [3.8, 4) is 5.75 Å². The van der Waals surface area contributed by atoms with Crippen LogP contribution in [-0.2, 0) is 0 Å². The van der Waals surface area contributed by atoms with Crippen LogP contribution in [0, 0.1) is 12.7 Å². The normalized spacial score (nSPS) is 10.6. The van der Waals surface area contributed by atoms with Crippen LogP contribution < -0.4 is 10.2 Å². The van der Waals surface area contributed by atoms with Gasteiger partial charge in [0.2, 0.25) is 0 Å². The largest absolute Gasteiger partial charge is 0.491 e. The number of rotatable bonds is 3. The Bertz CT molecular complexity index is 353. The maximum atomic E-state index is 13.4. The number of ether oxygens (including phenoxy) is 1. The van der Waals surface area contributed by atoms with Gasteiger partial charge in [0, 0.05) is 5.46 Å². The van der Waals surface area contributed by atoms with Gasteiger partial charge in [-0.05, 0) is 38.5 Å². The highest BCUT2D eigenvalue weighted by Crippen LogP contribution is 2.16. The molecule has 15 heavy (non-hydrogen) atoms. The molecule has 1 aromatic rings. The maximum absolute atomic E-state index is 13.4. The predicted molar refractivity (Wildman–Crippen MR) is 56.7 cm³/mol. The lowest BCUT2D eigenvalue weighted by Gasteiger charge is -2.13. The van der Waals surface area contributed by atoms with E-state index in [-0.39, 0.29) is 11.6 Å². The minimum atomic E-state index is -1.82. The summed E-state index contributed by atoms with van der Waals surface area (Å²) in [6, 6.07) is 2.83. The van der Waals surface area contributed by atoms with E-state index in [0.29, 0.717) is 11.3 Å². The van der Waals surface area contributed by atoms with Gasteiger partial charge in [0.15, 0.2) is 0 Å². The Labute approximate surface area is 88.7 Å². The van der Waals surface area contributed by atoms with Crippen molar-refractivity contribution in [2.45, 2.75) is 26.9 Å². The summed E-state index contributed by atoms with van der Waals surface area (Å²) >= 11 is 0. The van der Waals surface area contributed by atoms with Gasteiger partial charge in [-0.1, -0.05) is 0 Å². The molecule has 0 atom stereocenters. The number of halogens is 1. The van der Waals surface area contributed by atoms with Crippen LogP contribution in [-0.4, -0.2) is 23.3 Å². The van der Waals surface area contributed by atoms with Gasteiger partial charge in [0.05, 0.1) is 6.10 Å². The predicted octanol–water partition coefficient (Wildman–Crippen LogP) is 0.601. The molecular formula is C10H14BFO3. The van der Waals surface area contributed by atoms with Gasteiger partial charge in [0.1, 0.15) is 11.6 Å². The molecule has 5 heteroatoms. The van der Waals surface area contributed by atoms with Crippen molar-refractivity contribution in [1.29, 1.82) is 0 Å². The first-order valence-electron chi connectivity index (χ1n) is 4.74. The summed E-state index contributed by atoms with van der Waals surface area (Å²) in [5, 5.41) is 17.9. The van der Waals surface area contributed by atoms with Crippen molar-refractivity contribution < 1.29 is 19.2 Å². The number of benzene rings is 1. The average Bonchev–Trinajstić information content (AvgIpc) is 2.09. The van der Waals surface area contributed by atoms with E-state index in [1.807, 2.05) is 13.8 Å². The zero-order valence-electron chi connectivity index (χ0n) is 8.99. The summed E-state index contributed by atoms with van der Waals surface area (Å²) in [6.07, 6.45) is -0.0430. The minimum absolute atomic E-state index is 0.0430. The van der Waals surface area contributed by atoms with Crippen molar-refractivity contribution in [3.05, 3.63) is 23.5 Å². The van der Waals surface area contributed by atoms with E-state index >= 15 is 0 Å². The first-order chi connectivity index (χ1) is 6.91. The number of aryl methyl sites for hydroxylation is 1. The highest BCUT2D eigenvalue weighted by Gasteiger charge is 2.19. The molecule has 82 valence electrons. The molecule has 1 aromatic carbocycles. The lowest BCUT2D eigenvalue weighted by molar-refractivity contribution is 0.242. The fourth-order valence-electron chi connectivity index (χ4n) is 1.29. The van der Waals surface area contributed by atoms with Crippen molar-refractivity contribution in [2.24, 2.45) is 0 Å². The topological polar surface area (TPSA) is 49.7 Å². The maximum Gasteiger partial charge on any atom is 0.491 e. The third-order valence-electron chi connectivity index (χ3n) is 1.91. The second-order valence-electron chi connectivity index (χ2n) is 3.68. The molecule has 0 aliphatic carbocycles. The third kappa shape index (κ3) is 2.94. The first kappa shape index (κ1) is 12.0. The molecule has 0 aromatic heterocycles. The van der Waals surface area contributed by atoms with Crippen LogP contribution in [0.3, 0.4) is 0 Å². The van der Waals surface area contributed by atoms with Crippen molar-refractivity contribution in [1.82, 2.24) is 0 Å². The molecule has 1 rings (SSSR count). The highest BCUT2D eigenvalue weighted by atomic mass is 19.1. The zero-order valence-corrected chi connectivity index (χ0v) is 8.99. The van der Waals surface area contributed by atoms with Gasteiger partial charge in [-0.25, -0.2) is 4.39 Å². The molecule has 0 fully saturated rings. The van der Waals surface area contributed by atoms with Gasteiger partial charge in [-0.3, -0.25) is 0 Å². The first-order valence-corrected chi connectivity index (χ1v) is 4.74. The summed E-state index contributed by atoms with van der Waals surface area (Å²) < 4.78 is 18.7. The van der Waals surface area contributed by atoms with E-state index in [1.165, 1.54) is 12.1 Å². The molecule has 0 saturated carbocycles. The molecule has 0 saturated heterocycles. The van der Waals surface area contributed by atoms with E-state index in [1.54, 1.807) is 6.92 Å². The van der Waals surface area contributed by atoms with E-state index in [0.717, 1.165) is 0 Å². The second kappa shape index (κ2) is 4.64. The summed E-state index contributed by atoms with van der Waals surface area (Å²) in [6.45, 7) is 5.23. The molecule has 0 amide bonds. The van der Waals surface area contributed by atoms with Crippen LogP contribution in [0.4, 0.5) is 4.39 Å². The summed E-state index contributed by atoms with van der Waals surface area (Å²) in [5.74, 6) is -0.173. The van der Waals surface area contributed by atoms with Gasteiger partial charge >= 0.3 is 7.12 Å². The van der Waals surface area contributed by atoms with Crippen molar-refractivity contribution in [3.63, 3.8) is 0 Å². The fraction of sp³-hybridized carbons (Fsp3) is 0.400. The van der Waals surface area contributed by atoms with Gasteiger partial charge in [-0.2, -0.15) is 0 Å². The van der Waals surface area contributed by atoms with Crippen LogP contribution in [0.5, 0.6) is 5.75 Å². The van der Waals surface area contributed by atoms with Crippen LogP contribution in [0.2, 0.25) is 0 Å². The second-order valence-corrected chi connectivity index (χ2v) is 3.68. The zero-order chi connectivity index (χ0) is 11.6. The highest BCUT2D eigenvalue weighted by molar-refractivity contribution is 6.58. The molecular weight excluding hydrogens is 198 g/mol. The molecule has 0 aliphatic rings. The molecule has 0 spiro atoms. The summed E-state index contributed by atoms with van der Waals surface area (Å²) in [7, 11) is -1.82. The van der Waals surface area contributed by atoms with E-state index in [4.69, 9.17) is 14.8 Å². The van der Waals surface area contributed by atoms with Crippen LogP contribution in [0.25, 0.3) is 0 Å². The van der Waals surface area contributed by atoms with Crippen LogP contribution >= 0.6 is 0 Å². The standard InChI is InChI=1S/C10H14BFO3/c1-6(2)15-8-4-7(3)10(12)9(5-8)11(13)14/h4-6,13-14H,1-3H3. The van der Waals surface area contributed by atoms with Gasteiger partial charge < -0.3 is 14.8 Å². The Hall–Kier alpha value is -1.07. The van der Waals surface area contributed by atoms with Gasteiger partial charge in [0.25, 0.3) is 0 Å². The van der Waals surface area contributed by atoms with Gasteiger partial charge in [-0.15, -0.1) is 0 Å². The Kier molecular flexibility index (Phi) is 3.71. The van der Waals surface area contributed by atoms with Crippen LogP contribution in [0.15, 0.2) is 12.1 Å². The van der Waals surface area contributed by atoms with Crippen LogP contribution in [0.1, 0.15) is 19.4 Å². The Morgan fingerprint density at radius 3 is 2.40 bits per heavy atom. The molecule has 0 bridgehead atoms. The number of hydrogen-bond acceptors (Lipinski definition) is 3. The fourth-order valence-corrected chi connectivity index (χ4v) is 1.29. The molecule has 3 nitrogen and oxygen atoms in total. The van der Waals surface area contributed by atoms with Crippen molar-refractivity contribution in [2.75, 3.05) is 0 Å². The third-order valence-corrected chi connectivity index (χ3v) is 1.91. The smallest absolute Gasteiger partial charge is 0.491 e. The van der Waals surface area contributed by atoms with Crippen molar-refractivity contribution >= 4 is 12.6 Å². The quantitative estimate of drug-likeness (QED) is 0.721. The molecule has 0 unspecified atom stereocenters. The average molecular weight is 212 g/mol. The summed E-state index contributed by atoms with van der Waals surface area (Å²) in [5.41, 5.74) is 0.168. The SMILES string of the molecule is Cc1cc(OC(C)C)cc(B(O)O)c1F. The Morgan fingerprint density at radius 1 is 1.33 bits per heavy atom. The Balaban J connectivity index is 3.11. The van der Waals surface area contributed by atoms with E-state index < -0.39 is 12.9 Å². The lowest BCUT2D eigenvalue weighted by Crippen LogP contribution is -2.33. The minimum Gasteiger partial charge on any atom is -0.491 e. The van der Waals surface area contributed by atoms with E-state index in [9.17, 15) is 4.39 Å². The Morgan fingerprint density at radius 2 is 1.93 bits per heavy atom. The molecule has 0 radical (unpaired) electrons. The van der Waals surface area contributed by atoms with E-state index in [2.05, 4.69) is 0 Å². The molecule has 2 N–H and O–H groups in total. The monoisotopic (exact) mass is 212 g/mol.